The molecule has 0 unspecified atom stereocenters. The maximum atomic E-state index is 12.3. The molecule has 6 heteroatoms. The fraction of sp³-hybridized carbons (Fsp3) is 0.238. The van der Waals surface area contributed by atoms with Crippen molar-refractivity contribution in [3.8, 4) is 22.1 Å². The predicted molar refractivity (Wildman–Crippen MR) is 109 cm³/mol. The Balaban J connectivity index is 1.60. The molecule has 0 aliphatic heterocycles. The zero-order valence-electron chi connectivity index (χ0n) is 15.6. The molecule has 2 aromatic carbocycles. The third-order valence-corrected chi connectivity index (χ3v) is 5.05. The summed E-state index contributed by atoms with van der Waals surface area (Å²) in [5.74, 6) is 1.16. The second-order valence-corrected chi connectivity index (χ2v) is 6.99. The number of nitrogens with zero attached hydrogens (tertiary/aromatic N) is 1. The number of thiazole rings is 1. The van der Waals surface area contributed by atoms with Crippen LogP contribution in [0.1, 0.15) is 17.7 Å². The minimum Gasteiger partial charge on any atom is -0.497 e. The highest BCUT2D eigenvalue weighted by Crippen LogP contribution is 2.29. The van der Waals surface area contributed by atoms with E-state index in [4.69, 9.17) is 9.47 Å². The molecule has 140 valence electrons. The summed E-state index contributed by atoms with van der Waals surface area (Å²) in [5.41, 5.74) is 3.87. The van der Waals surface area contributed by atoms with Crippen molar-refractivity contribution in [1.29, 1.82) is 0 Å². The second-order valence-electron chi connectivity index (χ2n) is 6.13. The Kier molecular flexibility index (Phi) is 6.08. The molecular weight excluding hydrogens is 360 g/mol. The van der Waals surface area contributed by atoms with Crippen LogP contribution in [0.5, 0.6) is 11.5 Å². The van der Waals surface area contributed by atoms with Crippen LogP contribution >= 0.6 is 11.3 Å². The van der Waals surface area contributed by atoms with Crippen molar-refractivity contribution in [3.05, 3.63) is 59.1 Å². The van der Waals surface area contributed by atoms with E-state index < -0.39 is 0 Å². The van der Waals surface area contributed by atoms with Gasteiger partial charge in [-0.1, -0.05) is 23.8 Å². The van der Waals surface area contributed by atoms with Crippen LogP contribution in [0.3, 0.4) is 0 Å². The lowest BCUT2D eigenvalue weighted by atomic mass is 10.1. The van der Waals surface area contributed by atoms with Crippen molar-refractivity contribution >= 4 is 22.9 Å². The van der Waals surface area contributed by atoms with E-state index in [1.165, 1.54) is 5.56 Å². The number of aromatic nitrogens is 1. The molecule has 0 radical (unpaired) electrons. The largest absolute Gasteiger partial charge is 0.497 e. The van der Waals surface area contributed by atoms with E-state index in [0.29, 0.717) is 30.0 Å². The Hall–Kier alpha value is -2.86. The van der Waals surface area contributed by atoms with Gasteiger partial charge in [0.25, 0.3) is 0 Å². The zero-order chi connectivity index (χ0) is 19.2. The van der Waals surface area contributed by atoms with Gasteiger partial charge in [-0.15, -0.1) is 11.3 Å². The predicted octanol–water partition coefficient (Wildman–Crippen LogP) is 4.71. The molecular formula is C21H22N2O3S. The summed E-state index contributed by atoms with van der Waals surface area (Å²) in [7, 11) is 3.15. The number of amides is 1. The first-order valence-electron chi connectivity index (χ1n) is 8.62. The number of benzene rings is 2. The first kappa shape index (κ1) is 18.9. The molecule has 0 saturated heterocycles. The van der Waals surface area contributed by atoms with Gasteiger partial charge in [0.1, 0.15) is 16.5 Å². The number of methoxy groups -OCH3 is 2. The maximum Gasteiger partial charge on any atom is 0.224 e. The van der Waals surface area contributed by atoms with Crippen molar-refractivity contribution in [2.45, 2.75) is 19.8 Å². The van der Waals surface area contributed by atoms with E-state index in [9.17, 15) is 4.79 Å². The minimum atomic E-state index is -0.0800. The van der Waals surface area contributed by atoms with Gasteiger partial charge in [0.05, 0.1) is 25.6 Å². The monoisotopic (exact) mass is 382 g/mol. The van der Waals surface area contributed by atoms with Gasteiger partial charge in [0, 0.05) is 23.4 Å². The third-order valence-electron chi connectivity index (χ3n) is 4.11. The van der Waals surface area contributed by atoms with Crippen molar-refractivity contribution in [1.82, 2.24) is 4.98 Å². The quantitative estimate of drug-likeness (QED) is 0.643. The highest BCUT2D eigenvalue weighted by Gasteiger charge is 2.11. The average molecular weight is 382 g/mol. The van der Waals surface area contributed by atoms with Crippen LogP contribution in [0.15, 0.2) is 47.8 Å². The van der Waals surface area contributed by atoms with Crippen molar-refractivity contribution in [2.75, 3.05) is 19.5 Å². The SMILES string of the molecule is COc1ccc(NC(=O)CCc2csc(-c3cccc(C)c3)n2)c(OC)c1. The van der Waals surface area contributed by atoms with Crippen LogP contribution in [0.25, 0.3) is 10.6 Å². The molecule has 3 rings (SSSR count). The Bertz CT molecular complexity index is 937. The molecule has 1 amide bonds. The van der Waals surface area contributed by atoms with Crippen molar-refractivity contribution < 1.29 is 14.3 Å². The number of hydrogen-bond donors (Lipinski definition) is 1. The number of rotatable bonds is 7. The van der Waals surface area contributed by atoms with Crippen LogP contribution in [-0.4, -0.2) is 25.1 Å². The molecule has 5 nitrogen and oxygen atoms in total. The third kappa shape index (κ3) is 4.86. The van der Waals surface area contributed by atoms with Crippen LogP contribution < -0.4 is 14.8 Å². The number of carbonyl (C=O) groups is 1. The summed E-state index contributed by atoms with van der Waals surface area (Å²) in [6.45, 7) is 2.07. The highest BCUT2D eigenvalue weighted by molar-refractivity contribution is 7.13. The lowest BCUT2D eigenvalue weighted by molar-refractivity contribution is -0.116. The lowest BCUT2D eigenvalue weighted by Crippen LogP contribution is -2.13. The molecule has 0 aliphatic carbocycles. The lowest BCUT2D eigenvalue weighted by Gasteiger charge is -2.11. The van der Waals surface area contributed by atoms with Gasteiger partial charge in [-0.05, 0) is 31.5 Å². The summed E-state index contributed by atoms with van der Waals surface area (Å²) in [4.78, 5) is 17.0. The molecule has 0 aliphatic rings. The normalized spacial score (nSPS) is 10.5. The number of carbonyl (C=O) groups excluding carboxylic acids is 1. The zero-order valence-corrected chi connectivity index (χ0v) is 16.4. The van der Waals surface area contributed by atoms with Gasteiger partial charge in [0.15, 0.2) is 0 Å². The Morgan fingerprint density at radius 2 is 2.00 bits per heavy atom. The summed E-state index contributed by atoms with van der Waals surface area (Å²) in [6.07, 6.45) is 0.943. The van der Waals surface area contributed by atoms with E-state index in [2.05, 4.69) is 35.4 Å². The standard InChI is InChI=1S/C21H22N2O3S/c1-14-5-4-6-15(11-14)21-22-16(13-27-21)7-10-20(24)23-18-9-8-17(25-2)12-19(18)26-3/h4-6,8-9,11-13H,7,10H2,1-3H3,(H,23,24). The minimum absolute atomic E-state index is 0.0800. The van der Waals surface area contributed by atoms with Gasteiger partial charge < -0.3 is 14.8 Å². The highest BCUT2D eigenvalue weighted by atomic mass is 32.1. The molecule has 1 N–H and O–H groups in total. The van der Waals surface area contributed by atoms with E-state index in [0.717, 1.165) is 16.3 Å². The fourth-order valence-corrected chi connectivity index (χ4v) is 3.54. The van der Waals surface area contributed by atoms with Crippen LogP contribution in [0.4, 0.5) is 5.69 Å². The Morgan fingerprint density at radius 1 is 1.15 bits per heavy atom. The average Bonchev–Trinajstić information content (AvgIpc) is 3.16. The number of anilines is 1. The first-order chi connectivity index (χ1) is 13.1. The smallest absolute Gasteiger partial charge is 0.224 e. The number of aryl methyl sites for hydroxylation is 2. The Morgan fingerprint density at radius 3 is 2.74 bits per heavy atom. The van der Waals surface area contributed by atoms with Gasteiger partial charge in [0.2, 0.25) is 5.91 Å². The van der Waals surface area contributed by atoms with Crippen LogP contribution in [0, 0.1) is 6.92 Å². The van der Waals surface area contributed by atoms with E-state index in [1.54, 1.807) is 43.8 Å². The molecule has 0 bridgehead atoms. The molecule has 0 fully saturated rings. The molecule has 0 saturated carbocycles. The van der Waals surface area contributed by atoms with E-state index in [1.807, 2.05) is 11.4 Å². The summed E-state index contributed by atoms with van der Waals surface area (Å²) < 4.78 is 10.5. The topological polar surface area (TPSA) is 60.5 Å². The molecule has 27 heavy (non-hydrogen) atoms. The van der Waals surface area contributed by atoms with Crippen LogP contribution in [0.2, 0.25) is 0 Å². The summed E-state index contributed by atoms with van der Waals surface area (Å²) >= 11 is 1.60. The van der Waals surface area contributed by atoms with E-state index >= 15 is 0 Å². The number of ether oxygens (including phenoxy) is 2. The molecule has 1 aromatic heterocycles. The van der Waals surface area contributed by atoms with Gasteiger partial charge >= 0.3 is 0 Å². The molecule has 1 heterocycles. The van der Waals surface area contributed by atoms with Gasteiger partial charge in [-0.2, -0.15) is 0 Å². The number of nitrogens with one attached hydrogen (secondary N) is 1. The van der Waals surface area contributed by atoms with Gasteiger partial charge in [-0.3, -0.25) is 4.79 Å². The molecule has 0 spiro atoms. The number of hydrogen-bond acceptors (Lipinski definition) is 5. The van der Waals surface area contributed by atoms with Crippen molar-refractivity contribution in [3.63, 3.8) is 0 Å². The fourth-order valence-electron chi connectivity index (χ4n) is 2.69. The molecule has 3 aromatic rings. The van der Waals surface area contributed by atoms with Crippen molar-refractivity contribution in [2.24, 2.45) is 0 Å². The summed E-state index contributed by atoms with van der Waals surface area (Å²) in [6, 6.07) is 13.6. The summed E-state index contributed by atoms with van der Waals surface area (Å²) in [5, 5.41) is 5.88. The second kappa shape index (κ2) is 8.68. The molecule has 0 atom stereocenters. The maximum absolute atomic E-state index is 12.3. The van der Waals surface area contributed by atoms with Gasteiger partial charge in [-0.25, -0.2) is 4.98 Å². The van der Waals surface area contributed by atoms with Crippen LogP contribution in [-0.2, 0) is 11.2 Å². The first-order valence-corrected chi connectivity index (χ1v) is 9.50. The Labute approximate surface area is 163 Å². The van der Waals surface area contributed by atoms with E-state index in [-0.39, 0.29) is 5.91 Å².